The van der Waals surface area contributed by atoms with Gasteiger partial charge in [-0.25, -0.2) is 4.39 Å². The van der Waals surface area contributed by atoms with Gasteiger partial charge in [0.05, 0.1) is 18.2 Å². The van der Waals surface area contributed by atoms with Crippen molar-refractivity contribution in [3.05, 3.63) is 43.5 Å². The van der Waals surface area contributed by atoms with Gasteiger partial charge in [-0.1, -0.05) is 20.8 Å². The first kappa shape index (κ1) is 16.4. The lowest BCUT2D eigenvalue weighted by atomic mass is 9.86. The van der Waals surface area contributed by atoms with Crippen molar-refractivity contribution in [1.29, 1.82) is 0 Å². The molecule has 0 bridgehead atoms. The molecular formula is C16H19FINO2. The van der Waals surface area contributed by atoms with E-state index in [4.69, 9.17) is 0 Å². The van der Waals surface area contributed by atoms with Crippen LogP contribution in [0.4, 0.5) is 4.39 Å². The van der Waals surface area contributed by atoms with E-state index < -0.39 is 0 Å². The number of nitrogens with zero attached hydrogens (tertiary/aromatic N) is 1. The largest absolute Gasteiger partial charge is 0.394 e. The molecule has 0 aliphatic rings. The smallest absolute Gasteiger partial charge is 0.192 e. The van der Waals surface area contributed by atoms with Crippen LogP contribution in [0.25, 0.3) is 10.9 Å². The van der Waals surface area contributed by atoms with Gasteiger partial charge in [0, 0.05) is 20.7 Å². The monoisotopic (exact) mass is 403 g/mol. The normalized spacial score (nSPS) is 13.7. The summed E-state index contributed by atoms with van der Waals surface area (Å²) in [6.45, 7) is 7.70. The van der Waals surface area contributed by atoms with Crippen LogP contribution in [0.1, 0.15) is 32.4 Å². The fourth-order valence-corrected chi connectivity index (χ4v) is 2.99. The number of fused-ring (bicyclic) bond motifs is 1. The third-order valence-electron chi connectivity index (χ3n) is 3.76. The fourth-order valence-electron chi connectivity index (χ4n) is 2.52. The van der Waals surface area contributed by atoms with Crippen LogP contribution < -0.4 is 5.43 Å². The van der Waals surface area contributed by atoms with E-state index >= 15 is 0 Å². The molecule has 1 atom stereocenters. The molecule has 0 unspecified atom stereocenters. The van der Waals surface area contributed by atoms with E-state index in [9.17, 15) is 14.3 Å². The Morgan fingerprint density at radius 1 is 1.38 bits per heavy atom. The molecule has 0 fully saturated rings. The van der Waals surface area contributed by atoms with E-state index in [1.807, 2.05) is 47.9 Å². The molecule has 3 nitrogen and oxygen atoms in total. The number of aromatic nitrogens is 1. The molecule has 0 spiro atoms. The Bertz CT molecular complexity index is 746. The molecule has 0 saturated heterocycles. The highest BCUT2D eigenvalue weighted by Crippen LogP contribution is 2.33. The predicted octanol–water partition coefficient (Wildman–Crippen LogP) is 3.63. The van der Waals surface area contributed by atoms with Crippen molar-refractivity contribution in [2.24, 2.45) is 5.41 Å². The van der Waals surface area contributed by atoms with E-state index in [2.05, 4.69) is 0 Å². The van der Waals surface area contributed by atoms with Gasteiger partial charge in [-0.05, 0) is 47.1 Å². The Morgan fingerprint density at radius 3 is 2.52 bits per heavy atom. The van der Waals surface area contributed by atoms with Gasteiger partial charge in [0.1, 0.15) is 5.82 Å². The van der Waals surface area contributed by atoms with E-state index in [1.165, 1.54) is 6.07 Å². The quantitative estimate of drug-likeness (QED) is 0.779. The lowest BCUT2D eigenvalue weighted by molar-refractivity contribution is 0.140. The van der Waals surface area contributed by atoms with E-state index in [1.54, 1.807) is 19.2 Å². The van der Waals surface area contributed by atoms with Gasteiger partial charge in [0.2, 0.25) is 0 Å². The van der Waals surface area contributed by atoms with Crippen molar-refractivity contribution < 1.29 is 9.50 Å². The lowest BCUT2D eigenvalue weighted by Crippen LogP contribution is -2.29. The van der Waals surface area contributed by atoms with Gasteiger partial charge >= 0.3 is 0 Å². The van der Waals surface area contributed by atoms with Crippen LogP contribution in [-0.4, -0.2) is 16.3 Å². The SMILES string of the molecule is Cc1cn([C@H](CO)C(C)(C)C)c2cc(F)c(I)cc2c1=O. The topological polar surface area (TPSA) is 42.2 Å². The van der Waals surface area contributed by atoms with Crippen molar-refractivity contribution in [2.75, 3.05) is 6.61 Å². The number of rotatable bonds is 2. The average Bonchev–Trinajstić information content (AvgIpc) is 2.37. The Morgan fingerprint density at radius 2 is 2.00 bits per heavy atom. The maximum absolute atomic E-state index is 13.9. The molecule has 0 saturated carbocycles. The number of aryl methyl sites for hydroxylation is 1. The van der Waals surface area contributed by atoms with Crippen molar-refractivity contribution in [1.82, 2.24) is 4.57 Å². The van der Waals surface area contributed by atoms with E-state index in [0.717, 1.165) is 0 Å². The third-order valence-corrected chi connectivity index (χ3v) is 4.59. The molecule has 1 aromatic heterocycles. The summed E-state index contributed by atoms with van der Waals surface area (Å²) in [7, 11) is 0. The molecule has 0 aliphatic carbocycles. The van der Waals surface area contributed by atoms with Gasteiger partial charge in [-0.3, -0.25) is 4.79 Å². The minimum Gasteiger partial charge on any atom is -0.394 e. The molecule has 5 heteroatoms. The van der Waals surface area contributed by atoms with Crippen molar-refractivity contribution >= 4 is 33.5 Å². The Hall–Kier alpha value is -0.950. The maximum Gasteiger partial charge on any atom is 0.192 e. The van der Waals surface area contributed by atoms with Crippen LogP contribution in [0.15, 0.2) is 23.1 Å². The number of aliphatic hydroxyl groups is 1. The summed E-state index contributed by atoms with van der Waals surface area (Å²) < 4.78 is 16.2. The molecule has 21 heavy (non-hydrogen) atoms. The van der Waals surface area contributed by atoms with E-state index in [0.29, 0.717) is 20.0 Å². The summed E-state index contributed by atoms with van der Waals surface area (Å²) in [4.78, 5) is 12.3. The summed E-state index contributed by atoms with van der Waals surface area (Å²) in [6.07, 6.45) is 1.71. The average molecular weight is 403 g/mol. The number of halogens is 2. The second-order valence-corrected chi connectivity index (χ2v) is 7.56. The number of hydrogen-bond donors (Lipinski definition) is 1. The molecular weight excluding hydrogens is 384 g/mol. The minimum atomic E-state index is -0.356. The number of benzene rings is 1. The predicted molar refractivity (Wildman–Crippen MR) is 91.2 cm³/mol. The highest BCUT2D eigenvalue weighted by atomic mass is 127. The second kappa shape index (κ2) is 5.68. The molecule has 2 rings (SSSR count). The van der Waals surface area contributed by atoms with Crippen LogP contribution in [0.2, 0.25) is 0 Å². The van der Waals surface area contributed by atoms with Crippen LogP contribution in [0, 0.1) is 21.7 Å². The molecule has 0 amide bonds. The zero-order valence-electron chi connectivity index (χ0n) is 12.6. The number of pyridine rings is 1. The maximum atomic E-state index is 13.9. The molecule has 0 aliphatic heterocycles. The van der Waals surface area contributed by atoms with Crippen molar-refractivity contribution in [3.63, 3.8) is 0 Å². The van der Waals surface area contributed by atoms with Gasteiger partial charge in [-0.15, -0.1) is 0 Å². The minimum absolute atomic E-state index is 0.0749. The molecule has 2 aromatic rings. The van der Waals surface area contributed by atoms with Crippen molar-refractivity contribution in [3.8, 4) is 0 Å². The fraction of sp³-hybridized carbons (Fsp3) is 0.438. The molecule has 1 N–H and O–H groups in total. The Kier molecular flexibility index (Phi) is 4.44. The van der Waals surface area contributed by atoms with Crippen LogP contribution in [0.3, 0.4) is 0 Å². The zero-order valence-corrected chi connectivity index (χ0v) is 14.7. The summed E-state index contributed by atoms with van der Waals surface area (Å²) in [5, 5.41) is 10.3. The van der Waals surface area contributed by atoms with Gasteiger partial charge in [-0.2, -0.15) is 0 Å². The van der Waals surface area contributed by atoms with Gasteiger partial charge in [0.15, 0.2) is 5.43 Å². The summed E-state index contributed by atoms with van der Waals surface area (Å²) >= 11 is 1.88. The Labute approximate surface area is 136 Å². The molecule has 0 radical (unpaired) electrons. The summed E-state index contributed by atoms with van der Waals surface area (Å²) in [6, 6.07) is 2.72. The Balaban J connectivity index is 2.89. The van der Waals surface area contributed by atoms with Gasteiger partial charge < -0.3 is 9.67 Å². The lowest BCUT2D eigenvalue weighted by Gasteiger charge is -2.33. The van der Waals surface area contributed by atoms with Crippen LogP contribution in [-0.2, 0) is 0 Å². The first-order valence-electron chi connectivity index (χ1n) is 6.78. The van der Waals surface area contributed by atoms with Crippen LogP contribution in [0.5, 0.6) is 0 Å². The molecule has 1 heterocycles. The number of aliphatic hydroxyl groups excluding tert-OH is 1. The zero-order chi connectivity index (χ0) is 15.9. The summed E-state index contributed by atoms with van der Waals surface area (Å²) in [5.74, 6) is -0.356. The van der Waals surface area contributed by atoms with Gasteiger partial charge in [0.25, 0.3) is 0 Å². The first-order valence-corrected chi connectivity index (χ1v) is 7.86. The standard InChI is InChI=1S/C16H19FINO2/c1-9-7-19(14(8-20)16(2,3)4)13-6-11(17)12(18)5-10(13)15(9)21/h5-7,14,20H,8H2,1-4H3/t14-/m1/s1. The third kappa shape index (κ3) is 2.99. The highest BCUT2D eigenvalue weighted by molar-refractivity contribution is 14.1. The molecule has 1 aromatic carbocycles. The number of hydrogen-bond acceptors (Lipinski definition) is 2. The first-order chi connectivity index (χ1) is 9.66. The summed E-state index contributed by atoms with van der Waals surface area (Å²) in [5.41, 5.74) is 0.803. The van der Waals surface area contributed by atoms with Crippen molar-refractivity contribution in [2.45, 2.75) is 33.7 Å². The highest BCUT2D eigenvalue weighted by Gasteiger charge is 2.27. The van der Waals surface area contributed by atoms with Crippen LogP contribution >= 0.6 is 22.6 Å². The second-order valence-electron chi connectivity index (χ2n) is 6.40. The molecule has 114 valence electrons. The van der Waals surface area contributed by atoms with E-state index in [-0.39, 0.29) is 29.3 Å².